The van der Waals surface area contributed by atoms with Crippen LogP contribution in [0.2, 0.25) is 0 Å². The molecule has 0 aromatic rings. The van der Waals surface area contributed by atoms with Gasteiger partial charge in [0.15, 0.2) is 0 Å². The van der Waals surface area contributed by atoms with Crippen LogP contribution in [0.25, 0.3) is 0 Å². The molecule has 10 heteroatoms. The van der Waals surface area contributed by atoms with Crippen LogP contribution in [-0.4, -0.2) is 69.9 Å². The second-order valence-corrected chi connectivity index (χ2v) is 4.49. The van der Waals surface area contributed by atoms with Gasteiger partial charge in [-0.2, -0.15) is 5.01 Å². The van der Waals surface area contributed by atoms with Crippen LogP contribution >= 0.6 is 0 Å². The summed E-state index contributed by atoms with van der Waals surface area (Å²) in [5.74, 6) is -1.47. The van der Waals surface area contributed by atoms with Gasteiger partial charge in [-0.1, -0.05) is 0 Å². The lowest BCUT2D eigenvalue weighted by molar-refractivity contribution is -0.142. The van der Waals surface area contributed by atoms with Crippen molar-refractivity contribution >= 4 is 18.2 Å². The van der Waals surface area contributed by atoms with Crippen molar-refractivity contribution in [2.45, 2.75) is 19.3 Å². The Morgan fingerprint density at radius 2 is 1.76 bits per heavy atom. The average Bonchev–Trinajstić information content (AvgIpc) is 2.37. The number of hydrogen-bond donors (Lipinski definition) is 4. The molecule has 1 aliphatic rings. The van der Waals surface area contributed by atoms with Crippen LogP contribution in [0.3, 0.4) is 0 Å². The Labute approximate surface area is 120 Å². The van der Waals surface area contributed by atoms with E-state index in [0.717, 1.165) is 0 Å². The van der Waals surface area contributed by atoms with E-state index in [-0.39, 0.29) is 26.3 Å². The number of carbonyl (C=O) groups is 3. The van der Waals surface area contributed by atoms with Gasteiger partial charge in [-0.15, -0.1) is 5.12 Å². The molecule has 10 nitrogen and oxygen atoms in total. The summed E-state index contributed by atoms with van der Waals surface area (Å²) in [4.78, 5) is 33.2. The van der Waals surface area contributed by atoms with E-state index in [9.17, 15) is 14.4 Å². The van der Waals surface area contributed by atoms with Crippen LogP contribution in [0.1, 0.15) is 19.3 Å². The van der Waals surface area contributed by atoms with Crippen LogP contribution in [0, 0.1) is 5.92 Å². The molecule has 0 aliphatic carbocycles. The molecular formula is C11H19N3O7. The average molecular weight is 305 g/mol. The summed E-state index contributed by atoms with van der Waals surface area (Å²) in [6, 6.07) is 0. The van der Waals surface area contributed by atoms with E-state index in [4.69, 9.17) is 20.1 Å². The lowest BCUT2D eigenvalue weighted by Crippen LogP contribution is -2.57. The fourth-order valence-corrected chi connectivity index (χ4v) is 1.94. The van der Waals surface area contributed by atoms with Crippen LogP contribution in [0.4, 0.5) is 9.59 Å². The van der Waals surface area contributed by atoms with Crippen LogP contribution < -0.4 is 5.43 Å². The SMILES string of the molecule is O=C(O)C1CCCNN(C(=O)O)N(C(=O)O)CCOCC1. The summed E-state index contributed by atoms with van der Waals surface area (Å²) in [5, 5.41) is 28.2. The van der Waals surface area contributed by atoms with E-state index < -0.39 is 24.1 Å². The summed E-state index contributed by atoms with van der Waals surface area (Å²) in [7, 11) is 0. The minimum absolute atomic E-state index is 0.0237. The van der Waals surface area contributed by atoms with E-state index >= 15 is 0 Å². The quantitative estimate of drug-likeness (QED) is 0.541. The van der Waals surface area contributed by atoms with Gasteiger partial charge < -0.3 is 20.1 Å². The van der Waals surface area contributed by atoms with Crippen molar-refractivity contribution in [3.63, 3.8) is 0 Å². The van der Waals surface area contributed by atoms with Crippen molar-refractivity contribution < 1.29 is 34.4 Å². The van der Waals surface area contributed by atoms with Gasteiger partial charge in [0.05, 0.1) is 19.1 Å². The molecule has 0 aromatic carbocycles. The van der Waals surface area contributed by atoms with Crippen LogP contribution in [0.5, 0.6) is 0 Å². The van der Waals surface area contributed by atoms with E-state index in [1.807, 2.05) is 0 Å². The molecular weight excluding hydrogens is 286 g/mol. The molecule has 0 aromatic heterocycles. The number of amides is 2. The van der Waals surface area contributed by atoms with Crippen molar-refractivity contribution in [3.05, 3.63) is 0 Å². The molecule has 1 rings (SSSR count). The monoisotopic (exact) mass is 305 g/mol. The second-order valence-electron chi connectivity index (χ2n) is 4.49. The van der Waals surface area contributed by atoms with Gasteiger partial charge in [0, 0.05) is 13.2 Å². The third kappa shape index (κ3) is 5.44. The molecule has 2 amide bonds. The van der Waals surface area contributed by atoms with E-state index in [0.29, 0.717) is 29.4 Å². The molecule has 1 atom stereocenters. The highest BCUT2D eigenvalue weighted by atomic mass is 16.5. The van der Waals surface area contributed by atoms with Gasteiger partial charge >= 0.3 is 18.2 Å². The highest BCUT2D eigenvalue weighted by Gasteiger charge is 2.26. The van der Waals surface area contributed by atoms with Gasteiger partial charge in [-0.05, 0) is 19.3 Å². The maximum absolute atomic E-state index is 11.1. The molecule has 1 saturated heterocycles. The summed E-state index contributed by atoms with van der Waals surface area (Å²) >= 11 is 0. The van der Waals surface area contributed by atoms with Crippen molar-refractivity contribution in [1.82, 2.24) is 15.6 Å². The standard InChI is InChI=1S/C11H19N3O7/c15-9(16)8-2-1-4-12-14(11(19)20)13(10(17)18)5-7-21-6-3-8/h8,12H,1-7H2,(H,15,16)(H,17,18)(H,19,20). The Bertz CT molecular complexity index is 390. The molecule has 0 spiro atoms. The number of rotatable bonds is 1. The molecule has 1 heterocycles. The molecule has 0 saturated carbocycles. The first-order chi connectivity index (χ1) is 9.93. The molecule has 0 radical (unpaired) electrons. The predicted molar refractivity (Wildman–Crippen MR) is 68.4 cm³/mol. The predicted octanol–water partition coefficient (Wildman–Crippen LogP) is 0.267. The van der Waals surface area contributed by atoms with Gasteiger partial charge in [0.2, 0.25) is 0 Å². The Kier molecular flexibility index (Phi) is 6.69. The molecule has 1 aliphatic heterocycles. The van der Waals surface area contributed by atoms with Gasteiger partial charge in [-0.3, -0.25) is 4.79 Å². The first kappa shape index (κ1) is 17.0. The van der Waals surface area contributed by atoms with Gasteiger partial charge in [0.25, 0.3) is 0 Å². The first-order valence-corrected chi connectivity index (χ1v) is 6.51. The molecule has 1 fully saturated rings. The number of carboxylic acid groups (broad SMARTS) is 3. The lowest BCUT2D eigenvalue weighted by atomic mass is 10.0. The maximum atomic E-state index is 11.1. The zero-order chi connectivity index (χ0) is 15.8. The highest BCUT2D eigenvalue weighted by Crippen LogP contribution is 2.12. The second kappa shape index (κ2) is 8.27. The third-order valence-corrected chi connectivity index (χ3v) is 3.04. The summed E-state index contributed by atoms with van der Waals surface area (Å²) in [6.45, 7) is 0.141. The van der Waals surface area contributed by atoms with E-state index in [1.165, 1.54) is 0 Å². The van der Waals surface area contributed by atoms with Gasteiger partial charge in [0.1, 0.15) is 0 Å². The number of hydrogen-bond acceptors (Lipinski definition) is 5. The topological polar surface area (TPSA) is 140 Å². The summed E-state index contributed by atoms with van der Waals surface area (Å²) in [6.07, 6.45) is -1.80. The maximum Gasteiger partial charge on any atom is 0.441 e. The van der Waals surface area contributed by atoms with Crippen molar-refractivity contribution in [1.29, 1.82) is 0 Å². The smallest absolute Gasteiger partial charge is 0.441 e. The van der Waals surface area contributed by atoms with Crippen molar-refractivity contribution in [2.75, 3.05) is 26.3 Å². The Hall–Kier alpha value is -2.07. The lowest BCUT2D eigenvalue weighted by Gasteiger charge is -2.30. The number of carboxylic acids is 1. The number of nitrogens with one attached hydrogen (secondary N) is 1. The van der Waals surface area contributed by atoms with Gasteiger partial charge in [-0.25, -0.2) is 15.0 Å². The number of aliphatic carboxylic acids is 1. The molecule has 21 heavy (non-hydrogen) atoms. The van der Waals surface area contributed by atoms with Crippen LogP contribution in [-0.2, 0) is 9.53 Å². The normalized spacial score (nSPS) is 22.0. The molecule has 4 N–H and O–H groups in total. The number of ether oxygens (including phenoxy) is 1. The number of hydrazine groups is 2. The Balaban J connectivity index is 2.71. The zero-order valence-electron chi connectivity index (χ0n) is 11.4. The van der Waals surface area contributed by atoms with E-state index in [1.54, 1.807) is 0 Å². The Morgan fingerprint density at radius 1 is 1.05 bits per heavy atom. The van der Waals surface area contributed by atoms with Crippen molar-refractivity contribution in [2.24, 2.45) is 5.92 Å². The third-order valence-electron chi connectivity index (χ3n) is 3.04. The minimum atomic E-state index is -1.47. The molecule has 120 valence electrons. The largest absolute Gasteiger partial charge is 0.481 e. The van der Waals surface area contributed by atoms with Crippen LogP contribution in [0.15, 0.2) is 0 Å². The summed E-state index contributed by atoms with van der Waals surface area (Å²) in [5.41, 5.74) is 2.46. The first-order valence-electron chi connectivity index (χ1n) is 6.51. The zero-order valence-corrected chi connectivity index (χ0v) is 11.4. The number of nitrogens with zero attached hydrogens (tertiary/aromatic N) is 2. The fourth-order valence-electron chi connectivity index (χ4n) is 1.94. The van der Waals surface area contributed by atoms with Crippen molar-refractivity contribution in [3.8, 4) is 0 Å². The summed E-state index contributed by atoms with van der Waals surface area (Å²) < 4.78 is 5.18. The highest BCUT2D eigenvalue weighted by molar-refractivity contribution is 5.71. The minimum Gasteiger partial charge on any atom is -0.481 e. The van der Waals surface area contributed by atoms with E-state index in [2.05, 4.69) is 5.43 Å². The Morgan fingerprint density at radius 3 is 2.33 bits per heavy atom. The molecule has 1 unspecified atom stereocenters. The fraction of sp³-hybridized carbons (Fsp3) is 0.727. The molecule has 0 bridgehead atoms.